The van der Waals surface area contributed by atoms with Gasteiger partial charge in [0.25, 0.3) is 5.91 Å². The van der Waals surface area contributed by atoms with Gasteiger partial charge in [0, 0.05) is 84.3 Å². The molecule has 5 aromatic rings. The number of piperidine rings is 1. The molecular weight excluding hydrogens is 655 g/mol. The van der Waals surface area contributed by atoms with Gasteiger partial charge in [0.05, 0.1) is 0 Å². The molecule has 0 unspecified atom stereocenters. The highest BCUT2D eigenvalue weighted by atomic mass is 35.5. The fourth-order valence-electron chi connectivity index (χ4n) is 7.79. The van der Waals surface area contributed by atoms with Gasteiger partial charge in [0.2, 0.25) is 11.8 Å². The molecule has 1 saturated heterocycles. The van der Waals surface area contributed by atoms with Crippen LogP contribution in [0.2, 0.25) is 5.02 Å². The van der Waals surface area contributed by atoms with Crippen molar-refractivity contribution in [2.24, 2.45) is 18.9 Å². The Labute approximate surface area is 296 Å². The summed E-state index contributed by atoms with van der Waals surface area (Å²) in [6.45, 7) is 2.15. The summed E-state index contributed by atoms with van der Waals surface area (Å²) in [5, 5.41) is 5.48. The van der Waals surface area contributed by atoms with Gasteiger partial charge in [-0.05, 0) is 98.9 Å². The zero-order valence-corrected chi connectivity index (χ0v) is 29.3. The summed E-state index contributed by atoms with van der Waals surface area (Å²) < 4.78 is 15.6. The maximum absolute atomic E-state index is 14.7. The number of carbonyl (C=O) groups is 3. The Kier molecular flexibility index (Phi) is 9.41. The molecule has 7 rings (SSSR count). The van der Waals surface area contributed by atoms with Gasteiger partial charge < -0.3 is 29.6 Å². The van der Waals surface area contributed by atoms with Crippen LogP contribution in [0.4, 0.5) is 10.1 Å². The molecule has 50 heavy (non-hydrogen) atoms. The second-order valence-electron chi connectivity index (χ2n) is 14.0. The predicted octanol–water partition coefficient (Wildman–Crippen LogP) is 5.80. The minimum atomic E-state index is -0.806. The lowest BCUT2D eigenvalue weighted by atomic mass is 9.90. The van der Waals surface area contributed by atoms with Crippen LogP contribution < -0.4 is 10.2 Å². The van der Waals surface area contributed by atoms with E-state index in [-0.39, 0.29) is 35.4 Å². The number of anilines is 1. The van der Waals surface area contributed by atoms with Gasteiger partial charge in [-0.1, -0.05) is 29.8 Å². The van der Waals surface area contributed by atoms with Crippen LogP contribution in [-0.4, -0.2) is 83.4 Å². The number of likely N-dealkylation sites (tertiary alicyclic amines) is 1. The average Bonchev–Trinajstić information content (AvgIpc) is 3.66. The third kappa shape index (κ3) is 6.74. The van der Waals surface area contributed by atoms with Crippen LogP contribution in [0.15, 0.2) is 72.9 Å². The fraction of sp³-hybridized carbons (Fsp3) is 0.359. The van der Waals surface area contributed by atoms with Crippen LogP contribution in [0.25, 0.3) is 21.8 Å². The standard InChI is InChI=1S/C39H42ClFN6O3/c1-44(2)22-24-16-26-17-29(40)8-10-35(26)47(23-24)38(49)33(19-28-21-42-32-7-5-4-6-31(28)32)43-37(48)25-12-14-46(15-13-25)39(50)36-20-27-18-30(41)9-11-34(27)45(36)3/h4-11,17-18,20-21,24-25,33,42H,12-16,19,22-23H2,1-3H3,(H,43,48)/t24-,33-/m1/s1. The van der Waals surface area contributed by atoms with E-state index in [0.717, 1.165) is 46.2 Å². The highest BCUT2D eigenvalue weighted by Gasteiger charge is 2.36. The van der Waals surface area contributed by atoms with Crippen molar-refractivity contribution in [1.82, 2.24) is 24.7 Å². The number of aromatic amines is 1. The first kappa shape index (κ1) is 33.8. The van der Waals surface area contributed by atoms with Gasteiger partial charge >= 0.3 is 0 Å². The molecule has 2 atom stereocenters. The molecule has 2 aliphatic heterocycles. The molecule has 9 nitrogen and oxygen atoms in total. The molecule has 0 spiro atoms. The number of hydrogen-bond donors (Lipinski definition) is 2. The van der Waals surface area contributed by atoms with E-state index in [4.69, 9.17) is 11.6 Å². The monoisotopic (exact) mass is 696 g/mol. The maximum atomic E-state index is 14.7. The Morgan fingerprint density at radius 2 is 1.82 bits per heavy atom. The molecule has 2 N–H and O–H groups in total. The van der Waals surface area contributed by atoms with E-state index >= 15 is 0 Å². The van der Waals surface area contributed by atoms with E-state index in [1.165, 1.54) is 12.1 Å². The van der Waals surface area contributed by atoms with Crippen molar-refractivity contribution in [3.63, 3.8) is 0 Å². The zero-order valence-electron chi connectivity index (χ0n) is 28.6. The zero-order chi connectivity index (χ0) is 35.1. The Morgan fingerprint density at radius 1 is 1.04 bits per heavy atom. The fourth-order valence-corrected chi connectivity index (χ4v) is 7.99. The Balaban J connectivity index is 1.10. The van der Waals surface area contributed by atoms with E-state index in [9.17, 15) is 18.8 Å². The quantitative estimate of drug-likeness (QED) is 0.215. The lowest BCUT2D eigenvalue weighted by Gasteiger charge is -2.38. The smallest absolute Gasteiger partial charge is 0.270 e. The van der Waals surface area contributed by atoms with Crippen molar-refractivity contribution < 1.29 is 18.8 Å². The van der Waals surface area contributed by atoms with Crippen molar-refractivity contribution in [2.45, 2.75) is 31.7 Å². The van der Waals surface area contributed by atoms with E-state index in [1.54, 1.807) is 28.6 Å². The first-order chi connectivity index (χ1) is 24.0. The lowest BCUT2D eigenvalue weighted by Crippen LogP contribution is -2.54. The Bertz CT molecular complexity index is 2080. The number of nitrogens with one attached hydrogen (secondary N) is 2. The second kappa shape index (κ2) is 13.9. The summed E-state index contributed by atoms with van der Waals surface area (Å²) in [7, 11) is 5.86. The largest absolute Gasteiger partial charge is 0.361 e. The highest BCUT2D eigenvalue weighted by Crippen LogP contribution is 2.34. The summed E-state index contributed by atoms with van der Waals surface area (Å²) in [5.74, 6) is -0.992. The molecule has 11 heteroatoms. The molecule has 2 aromatic heterocycles. The van der Waals surface area contributed by atoms with Gasteiger partial charge in [-0.3, -0.25) is 14.4 Å². The minimum Gasteiger partial charge on any atom is -0.361 e. The number of aryl methyl sites for hydroxylation is 1. The van der Waals surface area contributed by atoms with E-state index in [1.807, 2.05) is 67.7 Å². The molecule has 1 fully saturated rings. The van der Waals surface area contributed by atoms with Crippen LogP contribution in [0, 0.1) is 17.7 Å². The number of amides is 3. The van der Waals surface area contributed by atoms with E-state index < -0.39 is 6.04 Å². The molecule has 0 aliphatic carbocycles. The Hall–Kier alpha value is -4.67. The average molecular weight is 697 g/mol. The summed E-state index contributed by atoms with van der Waals surface area (Å²) in [5.41, 5.74) is 5.03. The predicted molar refractivity (Wildman–Crippen MR) is 195 cm³/mol. The maximum Gasteiger partial charge on any atom is 0.270 e. The lowest BCUT2D eigenvalue weighted by molar-refractivity contribution is -0.131. The van der Waals surface area contributed by atoms with E-state index in [0.29, 0.717) is 55.0 Å². The number of hydrogen-bond acceptors (Lipinski definition) is 4. The molecule has 3 aromatic carbocycles. The number of para-hydroxylation sites is 1. The summed E-state index contributed by atoms with van der Waals surface area (Å²) in [4.78, 5) is 51.2. The highest BCUT2D eigenvalue weighted by molar-refractivity contribution is 6.30. The SMILES string of the molecule is CN(C)C[C@H]1Cc2cc(Cl)ccc2N(C(=O)[C@@H](Cc2c[nH]c3ccccc23)NC(=O)C2CCN(C(=O)c3cc4cc(F)ccc4n3C)CC2)C1. The molecule has 0 saturated carbocycles. The number of nitrogens with zero attached hydrogens (tertiary/aromatic N) is 4. The summed E-state index contributed by atoms with van der Waals surface area (Å²) in [6, 6.07) is 19.0. The summed E-state index contributed by atoms with van der Waals surface area (Å²) >= 11 is 6.41. The molecule has 0 bridgehead atoms. The van der Waals surface area contributed by atoms with Gasteiger partial charge in [0.1, 0.15) is 17.6 Å². The molecule has 260 valence electrons. The first-order valence-corrected chi connectivity index (χ1v) is 17.6. The van der Waals surface area contributed by atoms with Gasteiger partial charge in [-0.15, -0.1) is 0 Å². The van der Waals surface area contributed by atoms with Crippen LogP contribution in [-0.2, 0) is 29.5 Å². The van der Waals surface area contributed by atoms with Crippen molar-refractivity contribution in [2.75, 3.05) is 45.2 Å². The first-order valence-electron chi connectivity index (χ1n) is 17.2. The third-order valence-electron chi connectivity index (χ3n) is 10.3. The molecule has 4 heterocycles. The van der Waals surface area contributed by atoms with Crippen molar-refractivity contribution in [1.29, 1.82) is 0 Å². The molecule has 3 amide bonds. The number of benzene rings is 3. The third-order valence-corrected chi connectivity index (χ3v) is 10.5. The number of fused-ring (bicyclic) bond motifs is 3. The van der Waals surface area contributed by atoms with Crippen molar-refractivity contribution >= 4 is 56.8 Å². The van der Waals surface area contributed by atoms with Crippen LogP contribution >= 0.6 is 11.6 Å². The number of carbonyl (C=O) groups excluding carboxylic acids is 3. The normalized spacial score (nSPS) is 17.4. The summed E-state index contributed by atoms with van der Waals surface area (Å²) in [6.07, 6.45) is 4.00. The Morgan fingerprint density at radius 3 is 2.60 bits per heavy atom. The molecule has 2 aliphatic rings. The molecular formula is C39H42ClFN6O3. The van der Waals surface area contributed by atoms with Crippen LogP contribution in [0.3, 0.4) is 0 Å². The number of H-pyrrole nitrogens is 1. The van der Waals surface area contributed by atoms with Crippen molar-refractivity contribution in [3.8, 4) is 0 Å². The topological polar surface area (TPSA) is 93.7 Å². The molecule has 0 radical (unpaired) electrons. The van der Waals surface area contributed by atoms with Crippen LogP contribution in [0.1, 0.15) is 34.5 Å². The second-order valence-corrected chi connectivity index (χ2v) is 14.5. The minimum absolute atomic E-state index is 0.147. The number of halogens is 2. The van der Waals surface area contributed by atoms with Crippen LogP contribution in [0.5, 0.6) is 0 Å². The van der Waals surface area contributed by atoms with Gasteiger partial charge in [-0.2, -0.15) is 0 Å². The number of rotatable bonds is 8. The van der Waals surface area contributed by atoms with E-state index in [2.05, 4.69) is 15.2 Å². The van der Waals surface area contributed by atoms with Crippen molar-refractivity contribution in [3.05, 3.63) is 101 Å². The number of aromatic nitrogens is 2. The van der Waals surface area contributed by atoms with Gasteiger partial charge in [0.15, 0.2) is 0 Å². The van der Waals surface area contributed by atoms with Gasteiger partial charge in [-0.25, -0.2) is 4.39 Å².